The van der Waals surface area contributed by atoms with E-state index >= 15 is 0 Å². The van der Waals surface area contributed by atoms with Crippen molar-refractivity contribution in [2.75, 3.05) is 45.7 Å². The Hall–Kier alpha value is -4.27. The smallest absolute Gasteiger partial charge is 0.490 e. The summed E-state index contributed by atoms with van der Waals surface area (Å²) >= 11 is 0. The number of anilines is 4. The number of nitrogens with zero attached hydrogens (tertiary/aromatic N) is 4. The third-order valence-electron chi connectivity index (χ3n) is 5.00. The molecule has 0 bridgehead atoms. The number of halogens is 3. The Morgan fingerprint density at radius 1 is 1.05 bits per heavy atom. The SMILES string of the molecule is COCCn1nc(C)c(C)c1Nc1ccnc(Nc2cc(OC)c(OC)c(OC)c2)n1.O=C(O)C(F)(F)F. The van der Waals surface area contributed by atoms with Crippen molar-refractivity contribution in [2.24, 2.45) is 0 Å². The number of aromatic nitrogens is 4. The number of methoxy groups -OCH3 is 4. The van der Waals surface area contributed by atoms with Crippen LogP contribution in [0.4, 0.5) is 36.4 Å². The predicted molar refractivity (Wildman–Crippen MR) is 132 cm³/mol. The fraction of sp³-hybridized carbons (Fsp3) is 0.391. The molecule has 3 N–H and O–H groups in total. The Morgan fingerprint density at radius 2 is 1.66 bits per heavy atom. The molecular weight excluding hydrogens is 513 g/mol. The zero-order valence-corrected chi connectivity index (χ0v) is 21.6. The number of rotatable bonds is 10. The third-order valence-corrected chi connectivity index (χ3v) is 5.00. The molecule has 0 saturated heterocycles. The van der Waals surface area contributed by atoms with Crippen LogP contribution in [0.2, 0.25) is 0 Å². The van der Waals surface area contributed by atoms with Gasteiger partial charge in [-0.15, -0.1) is 0 Å². The van der Waals surface area contributed by atoms with Crippen molar-refractivity contribution < 1.29 is 42.0 Å². The highest BCUT2D eigenvalue weighted by Gasteiger charge is 2.38. The third kappa shape index (κ3) is 7.86. The van der Waals surface area contributed by atoms with Crippen molar-refractivity contribution in [1.82, 2.24) is 19.7 Å². The molecule has 0 saturated carbocycles. The summed E-state index contributed by atoms with van der Waals surface area (Å²) in [6.07, 6.45) is -3.41. The van der Waals surface area contributed by atoms with Gasteiger partial charge < -0.3 is 34.7 Å². The lowest BCUT2D eigenvalue weighted by molar-refractivity contribution is -0.192. The zero-order chi connectivity index (χ0) is 28.5. The van der Waals surface area contributed by atoms with E-state index in [1.165, 1.54) is 0 Å². The van der Waals surface area contributed by atoms with Gasteiger partial charge in [-0.3, -0.25) is 0 Å². The topological polar surface area (TPSA) is 142 Å². The molecule has 2 heterocycles. The van der Waals surface area contributed by atoms with Crippen LogP contribution in [-0.4, -0.2) is 72.0 Å². The monoisotopic (exact) mass is 542 g/mol. The summed E-state index contributed by atoms with van der Waals surface area (Å²) < 4.78 is 55.0. The summed E-state index contributed by atoms with van der Waals surface area (Å²) in [6.45, 7) is 5.19. The largest absolute Gasteiger partial charge is 0.493 e. The van der Waals surface area contributed by atoms with Gasteiger partial charge in [0.2, 0.25) is 11.7 Å². The minimum Gasteiger partial charge on any atom is -0.493 e. The highest BCUT2D eigenvalue weighted by molar-refractivity contribution is 5.73. The standard InChI is InChI=1S/C21H28N6O4.C2HF3O2/c1-13-14(2)26-27(9-10-28-3)20(13)24-18-7-8-22-21(25-18)23-15-11-16(29-4)19(31-6)17(12-15)30-5;3-2(4,5)1(6)7/h7-8,11-12H,9-10H2,1-6H3,(H2,22,23,24,25);(H,6,7). The minimum atomic E-state index is -5.08. The molecule has 15 heteroatoms. The lowest BCUT2D eigenvalue weighted by Crippen LogP contribution is -2.21. The van der Waals surface area contributed by atoms with Gasteiger partial charge in [-0.25, -0.2) is 14.5 Å². The molecule has 0 atom stereocenters. The van der Waals surface area contributed by atoms with Crippen molar-refractivity contribution in [3.63, 3.8) is 0 Å². The number of hydrogen-bond acceptors (Lipinski definition) is 10. The van der Waals surface area contributed by atoms with E-state index in [0.717, 1.165) is 17.1 Å². The van der Waals surface area contributed by atoms with E-state index in [1.54, 1.807) is 52.8 Å². The van der Waals surface area contributed by atoms with E-state index in [9.17, 15) is 13.2 Å². The molecule has 0 aliphatic heterocycles. The number of carboxylic acid groups (broad SMARTS) is 1. The summed E-state index contributed by atoms with van der Waals surface area (Å²) in [5.41, 5.74) is 2.70. The Labute approximate surface area is 216 Å². The van der Waals surface area contributed by atoms with Gasteiger partial charge in [-0.2, -0.15) is 23.3 Å². The molecule has 2 aromatic heterocycles. The fourth-order valence-electron chi connectivity index (χ4n) is 3.06. The first-order valence-corrected chi connectivity index (χ1v) is 10.9. The van der Waals surface area contributed by atoms with Crippen LogP contribution in [0.5, 0.6) is 17.2 Å². The van der Waals surface area contributed by atoms with Gasteiger partial charge in [0.25, 0.3) is 0 Å². The number of nitrogens with one attached hydrogen (secondary N) is 2. The summed E-state index contributed by atoms with van der Waals surface area (Å²) in [7, 11) is 6.37. The van der Waals surface area contributed by atoms with Crippen LogP contribution in [0.1, 0.15) is 11.3 Å². The average molecular weight is 543 g/mol. The van der Waals surface area contributed by atoms with E-state index in [1.807, 2.05) is 18.5 Å². The van der Waals surface area contributed by atoms with Crippen LogP contribution in [-0.2, 0) is 16.1 Å². The minimum absolute atomic E-state index is 0.414. The molecule has 0 amide bonds. The molecule has 208 valence electrons. The van der Waals surface area contributed by atoms with E-state index in [-0.39, 0.29) is 0 Å². The van der Waals surface area contributed by atoms with E-state index < -0.39 is 12.1 Å². The molecule has 0 spiro atoms. The second kappa shape index (κ2) is 13.3. The molecular formula is C23H29F3N6O6. The molecule has 38 heavy (non-hydrogen) atoms. The molecule has 0 fully saturated rings. The number of aryl methyl sites for hydroxylation is 1. The van der Waals surface area contributed by atoms with Gasteiger partial charge in [0.15, 0.2) is 11.5 Å². The number of alkyl halides is 3. The van der Waals surface area contributed by atoms with Crippen molar-refractivity contribution in [1.29, 1.82) is 0 Å². The van der Waals surface area contributed by atoms with E-state index in [4.69, 9.17) is 28.8 Å². The van der Waals surface area contributed by atoms with Crippen molar-refractivity contribution in [3.05, 3.63) is 35.7 Å². The molecule has 1 aromatic carbocycles. The predicted octanol–water partition coefficient (Wildman–Crippen LogP) is 4.08. The van der Waals surface area contributed by atoms with Gasteiger partial charge in [0.05, 0.1) is 40.2 Å². The maximum atomic E-state index is 10.6. The Morgan fingerprint density at radius 3 is 2.16 bits per heavy atom. The summed E-state index contributed by atoms with van der Waals surface area (Å²) in [5, 5.41) is 18.2. The molecule has 0 radical (unpaired) electrons. The van der Waals surface area contributed by atoms with Crippen LogP contribution < -0.4 is 24.8 Å². The Bertz CT molecular complexity index is 1210. The van der Waals surface area contributed by atoms with Crippen LogP contribution in [0.25, 0.3) is 0 Å². The molecule has 12 nitrogen and oxygen atoms in total. The van der Waals surface area contributed by atoms with Gasteiger partial charge in [-0.1, -0.05) is 0 Å². The Balaban J connectivity index is 0.000000638. The second-order valence-corrected chi connectivity index (χ2v) is 7.51. The van der Waals surface area contributed by atoms with Gasteiger partial charge >= 0.3 is 12.1 Å². The normalized spacial score (nSPS) is 10.8. The number of carbonyl (C=O) groups is 1. The van der Waals surface area contributed by atoms with Crippen molar-refractivity contribution >= 4 is 29.2 Å². The van der Waals surface area contributed by atoms with Crippen molar-refractivity contribution in [2.45, 2.75) is 26.6 Å². The average Bonchev–Trinajstić information content (AvgIpc) is 3.14. The number of benzene rings is 1. The summed E-state index contributed by atoms with van der Waals surface area (Å²) in [6, 6.07) is 5.37. The van der Waals surface area contributed by atoms with Gasteiger partial charge in [0, 0.05) is 36.7 Å². The van der Waals surface area contributed by atoms with Crippen LogP contribution in [0, 0.1) is 13.8 Å². The first kappa shape index (κ1) is 30.0. The number of aliphatic carboxylic acids is 1. The second-order valence-electron chi connectivity index (χ2n) is 7.51. The van der Waals surface area contributed by atoms with Gasteiger partial charge in [-0.05, 0) is 19.9 Å². The number of hydrogen-bond donors (Lipinski definition) is 3. The van der Waals surface area contributed by atoms with Crippen LogP contribution >= 0.6 is 0 Å². The number of ether oxygens (including phenoxy) is 4. The van der Waals surface area contributed by atoms with Gasteiger partial charge in [0.1, 0.15) is 11.6 Å². The summed E-state index contributed by atoms with van der Waals surface area (Å²) in [5.74, 6) is 0.739. The molecule has 0 unspecified atom stereocenters. The van der Waals surface area contributed by atoms with Crippen LogP contribution in [0.15, 0.2) is 24.4 Å². The van der Waals surface area contributed by atoms with E-state index in [0.29, 0.717) is 47.9 Å². The first-order valence-electron chi connectivity index (χ1n) is 10.9. The molecule has 0 aliphatic rings. The maximum absolute atomic E-state index is 10.6. The molecule has 3 aromatic rings. The van der Waals surface area contributed by atoms with Crippen LogP contribution in [0.3, 0.4) is 0 Å². The Kier molecular flexibility index (Phi) is 10.5. The highest BCUT2D eigenvalue weighted by Crippen LogP contribution is 2.40. The molecule has 3 rings (SSSR count). The lowest BCUT2D eigenvalue weighted by atomic mass is 10.2. The number of carboxylic acids is 1. The quantitative estimate of drug-likeness (QED) is 0.341. The molecule has 0 aliphatic carbocycles. The summed E-state index contributed by atoms with van der Waals surface area (Å²) in [4.78, 5) is 17.8. The fourth-order valence-corrected chi connectivity index (χ4v) is 3.06. The van der Waals surface area contributed by atoms with Crippen molar-refractivity contribution in [3.8, 4) is 17.2 Å². The highest BCUT2D eigenvalue weighted by atomic mass is 19.4. The van der Waals surface area contributed by atoms with E-state index in [2.05, 4.69) is 25.7 Å². The first-order chi connectivity index (χ1) is 17.9. The lowest BCUT2D eigenvalue weighted by Gasteiger charge is -2.15. The maximum Gasteiger partial charge on any atom is 0.490 e. The zero-order valence-electron chi connectivity index (χ0n) is 21.6.